The molecule has 138 valence electrons. The summed E-state index contributed by atoms with van der Waals surface area (Å²) < 4.78 is 10.5. The maximum absolute atomic E-state index is 12.7. The van der Waals surface area contributed by atoms with Gasteiger partial charge in [0.05, 0.1) is 20.3 Å². The van der Waals surface area contributed by atoms with Gasteiger partial charge in [-0.15, -0.1) is 0 Å². The van der Waals surface area contributed by atoms with Crippen molar-refractivity contribution in [3.63, 3.8) is 0 Å². The highest BCUT2D eigenvalue weighted by molar-refractivity contribution is 6.20. The molecular weight excluding hydrogens is 344 g/mol. The van der Waals surface area contributed by atoms with E-state index in [9.17, 15) is 4.79 Å². The predicted molar refractivity (Wildman–Crippen MR) is 104 cm³/mol. The Bertz CT molecular complexity index is 875. The summed E-state index contributed by atoms with van der Waals surface area (Å²) in [6.07, 6.45) is 7.38. The molecule has 0 bridgehead atoms. The normalized spacial score (nSPS) is 22.3. The number of benzene rings is 1. The van der Waals surface area contributed by atoms with Crippen LogP contribution in [0.25, 0.3) is 6.08 Å². The first-order valence-electron chi connectivity index (χ1n) is 8.85. The van der Waals surface area contributed by atoms with E-state index in [1.165, 1.54) is 0 Å². The zero-order valence-corrected chi connectivity index (χ0v) is 15.0. The molecule has 7 heteroatoms. The molecule has 1 saturated heterocycles. The summed E-state index contributed by atoms with van der Waals surface area (Å²) in [7, 11) is 1.64. The molecule has 4 rings (SSSR count). The predicted octanol–water partition coefficient (Wildman–Crippen LogP) is 1.96. The van der Waals surface area contributed by atoms with E-state index in [1.54, 1.807) is 13.3 Å². The monoisotopic (exact) mass is 364 g/mol. The van der Waals surface area contributed by atoms with Gasteiger partial charge in [-0.3, -0.25) is 4.79 Å². The molecule has 1 unspecified atom stereocenters. The number of fused-ring (bicyclic) bond motifs is 1. The van der Waals surface area contributed by atoms with Crippen molar-refractivity contribution in [3.05, 3.63) is 47.6 Å². The molecule has 1 aromatic carbocycles. The number of morpholine rings is 1. The molecule has 1 fully saturated rings. The van der Waals surface area contributed by atoms with Crippen molar-refractivity contribution in [1.82, 2.24) is 4.90 Å². The van der Waals surface area contributed by atoms with Gasteiger partial charge in [0.2, 0.25) is 5.96 Å². The molecule has 0 saturated carbocycles. The summed E-state index contributed by atoms with van der Waals surface area (Å²) in [6.45, 7) is 2.58. The van der Waals surface area contributed by atoms with Gasteiger partial charge in [-0.2, -0.15) is 9.98 Å². The Kier molecular flexibility index (Phi) is 4.93. The van der Waals surface area contributed by atoms with Gasteiger partial charge in [0, 0.05) is 19.3 Å². The Balaban J connectivity index is 1.53. The lowest BCUT2D eigenvalue weighted by Crippen LogP contribution is -2.43. The third-order valence-corrected chi connectivity index (χ3v) is 4.61. The summed E-state index contributed by atoms with van der Waals surface area (Å²) in [4.78, 5) is 27.7. The number of nitrogens with zero attached hydrogens (tertiary/aromatic N) is 4. The van der Waals surface area contributed by atoms with Crippen LogP contribution in [-0.4, -0.2) is 62.2 Å². The zero-order valence-electron chi connectivity index (χ0n) is 15.0. The van der Waals surface area contributed by atoms with Crippen molar-refractivity contribution >= 4 is 30.0 Å². The molecule has 1 amide bonds. The maximum Gasteiger partial charge on any atom is 0.264 e. The fourth-order valence-electron chi connectivity index (χ4n) is 3.12. The van der Waals surface area contributed by atoms with E-state index < -0.39 is 5.92 Å². The fraction of sp³-hybridized carbons (Fsp3) is 0.300. The van der Waals surface area contributed by atoms with Gasteiger partial charge in [-0.1, -0.05) is 24.3 Å². The van der Waals surface area contributed by atoms with Crippen LogP contribution in [0.1, 0.15) is 5.56 Å². The molecule has 3 heterocycles. The van der Waals surface area contributed by atoms with Crippen LogP contribution in [0.15, 0.2) is 57.0 Å². The smallest absolute Gasteiger partial charge is 0.264 e. The van der Waals surface area contributed by atoms with E-state index >= 15 is 0 Å². The molecule has 7 nitrogen and oxygen atoms in total. The first-order valence-corrected chi connectivity index (χ1v) is 8.85. The third-order valence-electron chi connectivity index (χ3n) is 4.61. The van der Waals surface area contributed by atoms with Crippen LogP contribution in [0.2, 0.25) is 0 Å². The van der Waals surface area contributed by atoms with Gasteiger partial charge < -0.3 is 14.4 Å². The highest BCUT2D eigenvalue weighted by atomic mass is 16.5. The fourth-order valence-corrected chi connectivity index (χ4v) is 3.12. The van der Waals surface area contributed by atoms with Gasteiger partial charge in [-0.25, -0.2) is 4.99 Å². The Morgan fingerprint density at radius 2 is 1.93 bits per heavy atom. The quantitative estimate of drug-likeness (QED) is 0.822. The number of amidine groups is 1. The Morgan fingerprint density at radius 1 is 1.15 bits per heavy atom. The summed E-state index contributed by atoms with van der Waals surface area (Å²) in [5, 5.41) is 0. The van der Waals surface area contributed by atoms with Crippen molar-refractivity contribution in [2.24, 2.45) is 20.9 Å². The topological polar surface area (TPSA) is 75.8 Å². The number of amides is 1. The van der Waals surface area contributed by atoms with E-state index in [4.69, 9.17) is 9.47 Å². The van der Waals surface area contributed by atoms with Crippen LogP contribution in [0, 0.1) is 5.92 Å². The molecule has 27 heavy (non-hydrogen) atoms. The SMILES string of the molecule is COc1ccc(/C=C/C2=CC=NC3=NC(N4CCOCC4)=NC(=O)C23)cc1. The van der Waals surface area contributed by atoms with E-state index in [0.717, 1.165) is 16.9 Å². The first-order chi connectivity index (χ1) is 13.2. The molecule has 3 aliphatic rings. The molecule has 0 N–H and O–H groups in total. The lowest BCUT2D eigenvalue weighted by atomic mass is 9.93. The molecule has 3 aliphatic heterocycles. The minimum absolute atomic E-state index is 0.232. The second-order valence-electron chi connectivity index (χ2n) is 6.30. The largest absolute Gasteiger partial charge is 0.497 e. The number of carbonyl (C=O) groups excluding carboxylic acids is 1. The van der Waals surface area contributed by atoms with Crippen LogP contribution in [0.4, 0.5) is 0 Å². The van der Waals surface area contributed by atoms with E-state index in [-0.39, 0.29) is 5.91 Å². The van der Waals surface area contributed by atoms with Crippen LogP contribution in [-0.2, 0) is 9.53 Å². The molecule has 0 aromatic heterocycles. The number of hydrogen-bond donors (Lipinski definition) is 0. The van der Waals surface area contributed by atoms with Gasteiger partial charge in [0.1, 0.15) is 17.5 Å². The van der Waals surface area contributed by atoms with E-state index in [2.05, 4.69) is 15.0 Å². The number of allylic oxidation sites excluding steroid dienone is 2. The van der Waals surface area contributed by atoms with Crippen LogP contribution >= 0.6 is 0 Å². The highest BCUT2D eigenvalue weighted by Crippen LogP contribution is 2.25. The average molecular weight is 364 g/mol. The average Bonchev–Trinajstić information content (AvgIpc) is 2.73. The van der Waals surface area contributed by atoms with Crippen molar-refractivity contribution in [2.75, 3.05) is 33.4 Å². The standard InChI is InChI=1S/C20H20N4O3/c1-26-16-6-3-14(4-7-16)2-5-15-8-9-21-18-17(15)19(25)23-20(22-18)24-10-12-27-13-11-24/h2-9,17H,10-13H2,1H3/b5-2+. The second kappa shape index (κ2) is 7.67. The number of dihydropyridines is 1. The number of carbonyl (C=O) groups is 1. The molecule has 1 atom stereocenters. The Hall–Kier alpha value is -3.06. The molecule has 0 aliphatic carbocycles. The van der Waals surface area contributed by atoms with Crippen molar-refractivity contribution in [3.8, 4) is 5.75 Å². The molecule has 0 radical (unpaired) electrons. The second-order valence-corrected chi connectivity index (χ2v) is 6.30. The van der Waals surface area contributed by atoms with E-state index in [1.807, 2.05) is 47.4 Å². The highest BCUT2D eigenvalue weighted by Gasteiger charge is 2.34. The molecule has 0 spiro atoms. The van der Waals surface area contributed by atoms with Gasteiger partial charge in [0.25, 0.3) is 5.91 Å². The van der Waals surface area contributed by atoms with Gasteiger partial charge in [0.15, 0.2) is 0 Å². The Labute approximate surface area is 157 Å². The minimum Gasteiger partial charge on any atom is -0.497 e. The minimum atomic E-state index is -0.547. The number of methoxy groups -OCH3 is 1. The van der Waals surface area contributed by atoms with Crippen molar-refractivity contribution in [1.29, 1.82) is 0 Å². The number of hydrogen-bond acceptors (Lipinski definition) is 6. The van der Waals surface area contributed by atoms with Gasteiger partial charge in [-0.05, 0) is 29.3 Å². The van der Waals surface area contributed by atoms with Gasteiger partial charge >= 0.3 is 0 Å². The van der Waals surface area contributed by atoms with Crippen LogP contribution in [0.5, 0.6) is 5.75 Å². The lowest BCUT2D eigenvalue weighted by Gasteiger charge is -2.30. The van der Waals surface area contributed by atoms with Crippen molar-refractivity contribution in [2.45, 2.75) is 0 Å². The first kappa shape index (κ1) is 17.4. The summed E-state index contributed by atoms with van der Waals surface area (Å²) in [5.74, 6) is 0.955. The summed E-state index contributed by atoms with van der Waals surface area (Å²) in [5.41, 5.74) is 1.84. The number of ether oxygens (including phenoxy) is 2. The van der Waals surface area contributed by atoms with Crippen LogP contribution in [0.3, 0.4) is 0 Å². The van der Waals surface area contributed by atoms with Crippen LogP contribution < -0.4 is 4.74 Å². The summed E-state index contributed by atoms with van der Waals surface area (Å²) in [6, 6.07) is 7.71. The lowest BCUT2D eigenvalue weighted by molar-refractivity contribution is -0.119. The van der Waals surface area contributed by atoms with E-state index in [0.29, 0.717) is 38.1 Å². The summed E-state index contributed by atoms with van der Waals surface area (Å²) >= 11 is 0. The number of aliphatic imine (C=N–C) groups is 3. The maximum atomic E-state index is 12.7. The molecular formula is C20H20N4O3. The third kappa shape index (κ3) is 3.73. The zero-order chi connectivity index (χ0) is 18.6. The Morgan fingerprint density at radius 3 is 2.67 bits per heavy atom. The molecule has 1 aromatic rings. The number of guanidine groups is 1. The van der Waals surface area contributed by atoms with Crippen molar-refractivity contribution < 1.29 is 14.3 Å². The number of rotatable bonds is 3.